The first-order valence-electron chi connectivity index (χ1n) is 8.11. The van der Waals surface area contributed by atoms with Gasteiger partial charge in [0.15, 0.2) is 0 Å². The van der Waals surface area contributed by atoms with Crippen LogP contribution in [-0.4, -0.2) is 24.1 Å². The Morgan fingerprint density at radius 1 is 1.20 bits per heavy atom. The van der Waals surface area contributed by atoms with E-state index >= 15 is 0 Å². The first kappa shape index (κ1) is 19.1. The zero-order chi connectivity index (χ0) is 18.6. The van der Waals surface area contributed by atoms with Gasteiger partial charge in [-0.15, -0.1) is 0 Å². The van der Waals surface area contributed by atoms with Crippen LogP contribution in [0.2, 0.25) is 0 Å². The summed E-state index contributed by atoms with van der Waals surface area (Å²) in [6.07, 6.45) is 2.68. The van der Waals surface area contributed by atoms with Gasteiger partial charge in [-0.1, -0.05) is 38.1 Å². The van der Waals surface area contributed by atoms with Crippen molar-refractivity contribution in [1.29, 1.82) is 0 Å². The van der Waals surface area contributed by atoms with Crippen molar-refractivity contribution in [2.75, 3.05) is 0 Å². The molecule has 1 atom stereocenters. The summed E-state index contributed by atoms with van der Waals surface area (Å²) in [6, 6.07) is 8.08. The largest absolute Gasteiger partial charge is 0.350 e. The maximum Gasteiger partial charge on any atom is 0.241 e. The summed E-state index contributed by atoms with van der Waals surface area (Å²) < 4.78 is 23.8. The van der Waals surface area contributed by atoms with Gasteiger partial charge in [0.1, 0.15) is 4.90 Å². The number of benzene rings is 1. The van der Waals surface area contributed by atoms with Gasteiger partial charge < -0.3 is 5.32 Å². The highest BCUT2D eigenvalue weighted by Gasteiger charge is 2.13. The normalized spacial score (nSPS) is 13.0. The van der Waals surface area contributed by atoms with Crippen molar-refractivity contribution in [2.24, 2.45) is 5.14 Å². The molecule has 0 aliphatic carbocycles. The van der Waals surface area contributed by atoms with Crippen LogP contribution in [0.25, 0.3) is 0 Å². The molecule has 0 saturated heterocycles. The van der Waals surface area contributed by atoms with Crippen LogP contribution in [0.5, 0.6) is 0 Å². The van der Waals surface area contributed by atoms with Gasteiger partial charge in [-0.2, -0.15) is 5.10 Å². The standard InChI is InChI=1S/C17H24N4O3S/c1-12(2)14-4-6-15(7-5-14)13(3)20-17(22)8-9-21-11-16(10-19-21)25(18,23)24/h4-7,10-13H,8-9H2,1-3H3,(H,20,22)(H2,18,23,24)/t13-/m1/s1. The molecule has 2 aromatic rings. The van der Waals surface area contributed by atoms with E-state index in [1.807, 2.05) is 19.1 Å². The summed E-state index contributed by atoms with van der Waals surface area (Å²) in [5.41, 5.74) is 2.29. The predicted octanol–water partition coefficient (Wildman–Crippen LogP) is 1.92. The molecule has 1 heterocycles. The Hall–Kier alpha value is -2.19. The zero-order valence-corrected chi connectivity index (χ0v) is 15.5. The van der Waals surface area contributed by atoms with Crippen molar-refractivity contribution in [3.63, 3.8) is 0 Å². The fraction of sp³-hybridized carbons (Fsp3) is 0.412. The van der Waals surface area contributed by atoms with Crippen molar-refractivity contribution in [3.05, 3.63) is 47.8 Å². The Bertz CT molecular complexity index is 826. The second kappa shape index (κ2) is 7.79. The number of carbonyl (C=O) groups excluding carboxylic acids is 1. The zero-order valence-electron chi connectivity index (χ0n) is 14.6. The molecule has 136 valence electrons. The van der Waals surface area contributed by atoms with E-state index in [0.29, 0.717) is 5.92 Å². The quantitative estimate of drug-likeness (QED) is 0.782. The number of carbonyl (C=O) groups is 1. The smallest absolute Gasteiger partial charge is 0.241 e. The van der Waals surface area contributed by atoms with E-state index in [1.165, 1.54) is 22.6 Å². The van der Waals surface area contributed by atoms with Crippen LogP contribution in [-0.2, 0) is 21.4 Å². The highest BCUT2D eigenvalue weighted by atomic mass is 32.2. The molecule has 0 radical (unpaired) electrons. The van der Waals surface area contributed by atoms with E-state index in [-0.39, 0.29) is 29.8 Å². The number of aryl methyl sites for hydroxylation is 1. The molecule has 0 unspecified atom stereocenters. The maximum atomic E-state index is 12.1. The Kier molecular flexibility index (Phi) is 5.97. The molecule has 1 aromatic heterocycles. The van der Waals surface area contributed by atoms with E-state index in [9.17, 15) is 13.2 Å². The summed E-state index contributed by atoms with van der Waals surface area (Å²) in [6.45, 7) is 6.48. The highest BCUT2D eigenvalue weighted by molar-refractivity contribution is 7.89. The topological polar surface area (TPSA) is 107 Å². The number of nitrogens with two attached hydrogens (primary N) is 1. The number of hydrogen-bond donors (Lipinski definition) is 2. The first-order chi connectivity index (χ1) is 11.7. The third-order valence-corrected chi connectivity index (χ3v) is 4.85. The Morgan fingerprint density at radius 3 is 2.32 bits per heavy atom. The van der Waals surface area contributed by atoms with Crippen LogP contribution in [0.1, 0.15) is 50.3 Å². The summed E-state index contributed by atoms with van der Waals surface area (Å²) in [5, 5.41) is 11.8. The van der Waals surface area contributed by atoms with Crippen molar-refractivity contribution < 1.29 is 13.2 Å². The molecular weight excluding hydrogens is 340 g/mol. The van der Waals surface area contributed by atoms with Crippen molar-refractivity contribution >= 4 is 15.9 Å². The molecule has 8 heteroatoms. The SMILES string of the molecule is CC(C)c1ccc([C@@H](C)NC(=O)CCn2cc(S(N)(=O)=O)cn2)cc1. The number of aromatic nitrogens is 2. The minimum atomic E-state index is -3.77. The van der Waals surface area contributed by atoms with E-state index in [2.05, 4.69) is 36.4 Å². The van der Waals surface area contributed by atoms with Crippen molar-refractivity contribution in [2.45, 2.75) is 50.6 Å². The second-order valence-corrected chi connectivity index (χ2v) is 7.91. The number of hydrogen-bond acceptors (Lipinski definition) is 4. The van der Waals surface area contributed by atoms with Crippen LogP contribution in [0.4, 0.5) is 0 Å². The van der Waals surface area contributed by atoms with E-state index in [0.717, 1.165) is 5.56 Å². The van der Waals surface area contributed by atoms with E-state index < -0.39 is 10.0 Å². The summed E-state index contributed by atoms with van der Waals surface area (Å²) in [4.78, 5) is 12.0. The summed E-state index contributed by atoms with van der Waals surface area (Å²) in [5.74, 6) is 0.336. The van der Waals surface area contributed by atoms with Gasteiger partial charge in [-0.05, 0) is 24.0 Å². The third kappa shape index (κ3) is 5.40. The lowest BCUT2D eigenvalue weighted by Gasteiger charge is -2.15. The molecule has 0 bridgehead atoms. The van der Waals surface area contributed by atoms with Crippen molar-refractivity contribution in [3.8, 4) is 0 Å². The van der Waals surface area contributed by atoms with Crippen LogP contribution in [0.15, 0.2) is 41.6 Å². The summed E-state index contributed by atoms with van der Waals surface area (Å²) >= 11 is 0. The van der Waals surface area contributed by atoms with Crippen LogP contribution in [0.3, 0.4) is 0 Å². The van der Waals surface area contributed by atoms with Gasteiger partial charge >= 0.3 is 0 Å². The van der Waals surface area contributed by atoms with Crippen LogP contribution >= 0.6 is 0 Å². The molecule has 0 fully saturated rings. The number of amides is 1. The van der Waals surface area contributed by atoms with Gasteiger partial charge in [0.05, 0.1) is 12.2 Å². The van der Waals surface area contributed by atoms with Crippen molar-refractivity contribution in [1.82, 2.24) is 15.1 Å². The van der Waals surface area contributed by atoms with Gasteiger partial charge in [-0.25, -0.2) is 13.6 Å². The molecule has 0 saturated carbocycles. The second-order valence-electron chi connectivity index (χ2n) is 6.34. The molecular formula is C17H24N4O3S. The van der Waals surface area contributed by atoms with Gasteiger partial charge in [0.25, 0.3) is 0 Å². The fourth-order valence-electron chi connectivity index (χ4n) is 2.40. The number of nitrogens with one attached hydrogen (secondary N) is 1. The monoisotopic (exact) mass is 364 g/mol. The first-order valence-corrected chi connectivity index (χ1v) is 9.66. The Labute approximate surface area is 148 Å². The molecule has 1 aromatic carbocycles. The number of rotatable bonds is 7. The third-order valence-electron chi connectivity index (χ3n) is 3.99. The number of sulfonamides is 1. The molecule has 0 aliphatic heterocycles. The van der Waals surface area contributed by atoms with Gasteiger partial charge in [-0.3, -0.25) is 9.48 Å². The lowest BCUT2D eigenvalue weighted by molar-refractivity contribution is -0.122. The lowest BCUT2D eigenvalue weighted by Crippen LogP contribution is -2.27. The minimum absolute atomic E-state index is 0.0634. The molecule has 1 amide bonds. The Balaban J connectivity index is 1.88. The molecule has 0 spiro atoms. The summed E-state index contributed by atoms with van der Waals surface area (Å²) in [7, 11) is -3.77. The van der Waals surface area contributed by atoms with Crippen LogP contribution in [0, 0.1) is 0 Å². The molecule has 25 heavy (non-hydrogen) atoms. The highest BCUT2D eigenvalue weighted by Crippen LogP contribution is 2.18. The molecule has 7 nitrogen and oxygen atoms in total. The predicted molar refractivity (Wildman–Crippen MR) is 95.3 cm³/mol. The van der Waals surface area contributed by atoms with Gasteiger partial charge in [0.2, 0.25) is 15.9 Å². The molecule has 3 N–H and O–H groups in total. The van der Waals surface area contributed by atoms with E-state index in [4.69, 9.17) is 5.14 Å². The molecule has 0 aliphatic rings. The average Bonchev–Trinajstić information content (AvgIpc) is 3.02. The number of primary sulfonamides is 1. The minimum Gasteiger partial charge on any atom is -0.350 e. The average molecular weight is 364 g/mol. The van der Waals surface area contributed by atoms with E-state index in [1.54, 1.807) is 0 Å². The van der Waals surface area contributed by atoms with Crippen LogP contribution < -0.4 is 10.5 Å². The Morgan fingerprint density at radius 2 is 1.80 bits per heavy atom. The number of nitrogens with zero attached hydrogens (tertiary/aromatic N) is 2. The fourth-order valence-corrected chi connectivity index (χ4v) is 2.86. The van der Waals surface area contributed by atoms with Gasteiger partial charge in [0, 0.05) is 19.2 Å². The molecule has 2 rings (SSSR count). The lowest BCUT2D eigenvalue weighted by atomic mass is 9.99. The maximum absolute atomic E-state index is 12.1.